The van der Waals surface area contributed by atoms with E-state index in [1.54, 1.807) is 28.8 Å². The predicted molar refractivity (Wildman–Crippen MR) is 115 cm³/mol. The summed E-state index contributed by atoms with van der Waals surface area (Å²) in [7, 11) is 0. The molecular weight excluding hydrogens is 435 g/mol. The van der Waals surface area contributed by atoms with Crippen molar-refractivity contribution < 1.29 is 23.6 Å². The molecule has 1 aromatic heterocycles. The van der Waals surface area contributed by atoms with Gasteiger partial charge < -0.3 is 10.1 Å². The Morgan fingerprint density at radius 1 is 1.24 bits per heavy atom. The molecule has 0 radical (unpaired) electrons. The van der Waals surface area contributed by atoms with Crippen molar-refractivity contribution >= 4 is 34.2 Å². The molecule has 170 valence electrons. The lowest BCUT2D eigenvalue weighted by molar-refractivity contribution is -0.387. The highest BCUT2D eigenvalue weighted by Crippen LogP contribution is 2.35. The van der Waals surface area contributed by atoms with Gasteiger partial charge in [-0.15, -0.1) is 0 Å². The van der Waals surface area contributed by atoms with Crippen molar-refractivity contribution in [3.63, 3.8) is 0 Å². The number of nitro groups is 1. The van der Waals surface area contributed by atoms with Gasteiger partial charge in [0.05, 0.1) is 22.2 Å². The van der Waals surface area contributed by atoms with Crippen molar-refractivity contribution in [2.45, 2.75) is 31.7 Å². The van der Waals surface area contributed by atoms with E-state index >= 15 is 0 Å². The van der Waals surface area contributed by atoms with Gasteiger partial charge >= 0.3 is 11.7 Å². The number of fused-ring (bicyclic) bond motifs is 1. The molecule has 0 unspecified atom stereocenters. The highest BCUT2D eigenvalue weighted by molar-refractivity contribution is 5.93. The second-order valence-corrected chi connectivity index (χ2v) is 7.58. The van der Waals surface area contributed by atoms with Gasteiger partial charge in [0.15, 0.2) is 6.61 Å². The number of halogens is 1. The molecule has 2 aromatic carbocycles. The summed E-state index contributed by atoms with van der Waals surface area (Å²) in [4.78, 5) is 51.4. The normalized spacial score (nSPS) is 13.0. The van der Waals surface area contributed by atoms with E-state index < -0.39 is 34.9 Å². The molecule has 1 saturated carbocycles. The van der Waals surface area contributed by atoms with E-state index in [4.69, 9.17) is 4.74 Å². The monoisotopic (exact) mass is 454 g/mol. The van der Waals surface area contributed by atoms with Crippen LogP contribution < -0.4 is 10.9 Å². The number of hydrogen-bond acceptors (Lipinski definition) is 7. The standard InChI is InChI=1S/C22H19FN4O6/c23-16-8-5-13(11-18(16)27(31)32)24-20(28)12-33-21(29)10-9-19-25-17-4-2-1-3-15(17)22(30)26(19)14-6-7-14/h1-5,8,11,14H,6-7,9-10,12H2,(H,24,28). The average Bonchev–Trinajstić information content (AvgIpc) is 3.62. The van der Waals surface area contributed by atoms with Gasteiger partial charge in [-0.25, -0.2) is 4.98 Å². The molecule has 4 rings (SSSR count). The molecule has 1 N–H and O–H groups in total. The Kier molecular flexibility index (Phi) is 6.11. The van der Waals surface area contributed by atoms with E-state index in [1.807, 2.05) is 0 Å². The molecule has 0 atom stereocenters. The number of rotatable bonds is 8. The zero-order chi connectivity index (χ0) is 23.5. The summed E-state index contributed by atoms with van der Waals surface area (Å²) >= 11 is 0. The number of nitro benzene ring substituents is 1. The van der Waals surface area contributed by atoms with Crippen molar-refractivity contribution in [1.29, 1.82) is 0 Å². The minimum atomic E-state index is -1.03. The molecular formula is C22H19FN4O6. The van der Waals surface area contributed by atoms with Gasteiger partial charge in [-0.05, 0) is 37.1 Å². The number of aryl methyl sites for hydroxylation is 1. The molecule has 1 aliphatic rings. The fourth-order valence-electron chi connectivity index (χ4n) is 3.44. The van der Waals surface area contributed by atoms with Crippen LogP contribution in [0, 0.1) is 15.9 Å². The lowest BCUT2D eigenvalue weighted by Gasteiger charge is -2.12. The van der Waals surface area contributed by atoms with E-state index in [9.17, 15) is 28.9 Å². The molecule has 1 aliphatic carbocycles. The Morgan fingerprint density at radius 3 is 2.73 bits per heavy atom. The first-order chi connectivity index (χ1) is 15.8. The number of carbonyl (C=O) groups excluding carboxylic acids is 2. The quantitative estimate of drug-likeness (QED) is 0.314. The molecule has 1 fully saturated rings. The summed E-state index contributed by atoms with van der Waals surface area (Å²) in [5, 5.41) is 13.6. The maximum atomic E-state index is 13.4. The van der Waals surface area contributed by atoms with Crippen molar-refractivity contribution in [1.82, 2.24) is 9.55 Å². The van der Waals surface area contributed by atoms with Gasteiger partial charge in [0.2, 0.25) is 5.82 Å². The first-order valence-electron chi connectivity index (χ1n) is 10.2. The van der Waals surface area contributed by atoms with Crippen LogP contribution in [0.25, 0.3) is 10.9 Å². The van der Waals surface area contributed by atoms with Crippen LogP contribution in [0.3, 0.4) is 0 Å². The summed E-state index contributed by atoms with van der Waals surface area (Å²) in [6, 6.07) is 9.97. The molecule has 1 heterocycles. The van der Waals surface area contributed by atoms with Crippen molar-refractivity contribution in [3.05, 3.63) is 74.6 Å². The van der Waals surface area contributed by atoms with Crippen molar-refractivity contribution in [2.24, 2.45) is 0 Å². The number of aromatic nitrogens is 2. The Balaban J connectivity index is 1.36. The van der Waals surface area contributed by atoms with Gasteiger partial charge in [-0.2, -0.15) is 4.39 Å². The van der Waals surface area contributed by atoms with Crippen LogP contribution in [-0.4, -0.2) is 33.0 Å². The van der Waals surface area contributed by atoms with Crippen LogP contribution in [0.1, 0.15) is 31.1 Å². The lowest BCUT2D eigenvalue weighted by Crippen LogP contribution is -2.25. The van der Waals surface area contributed by atoms with E-state index in [-0.39, 0.29) is 30.1 Å². The van der Waals surface area contributed by atoms with E-state index in [0.717, 1.165) is 31.0 Å². The molecule has 11 heteroatoms. The SMILES string of the molecule is O=C(COC(=O)CCc1nc2ccccc2c(=O)n1C1CC1)Nc1ccc(F)c([N+](=O)[O-])c1. The number of hydrogen-bond donors (Lipinski definition) is 1. The van der Waals surface area contributed by atoms with Gasteiger partial charge in [0, 0.05) is 24.2 Å². The number of carbonyl (C=O) groups is 2. The zero-order valence-electron chi connectivity index (χ0n) is 17.3. The number of ether oxygens (including phenoxy) is 1. The van der Waals surface area contributed by atoms with Gasteiger partial charge in [-0.1, -0.05) is 12.1 Å². The van der Waals surface area contributed by atoms with Gasteiger partial charge in [-0.3, -0.25) is 29.1 Å². The van der Waals surface area contributed by atoms with Crippen molar-refractivity contribution in [2.75, 3.05) is 11.9 Å². The summed E-state index contributed by atoms with van der Waals surface area (Å²) in [5.74, 6) is -1.94. The lowest BCUT2D eigenvalue weighted by atomic mass is 10.2. The Labute approximate surface area is 186 Å². The molecule has 33 heavy (non-hydrogen) atoms. The van der Waals surface area contributed by atoms with E-state index in [2.05, 4.69) is 10.3 Å². The molecule has 1 amide bonds. The smallest absolute Gasteiger partial charge is 0.306 e. The van der Waals surface area contributed by atoms with E-state index in [1.165, 1.54) is 0 Å². The van der Waals surface area contributed by atoms with Crippen LogP contribution in [0.15, 0.2) is 47.3 Å². The first kappa shape index (κ1) is 22.1. The van der Waals surface area contributed by atoms with Crippen LogP contribution in [0.5, 0.6) is 0 Å². The third kappa shape index (κ3) is 5.03. The van der Waals surface area contributed by atoms with Crippen LogP contribution in [-0.2, 0) is 20.7 Å². The van der Waals surface area contributed by atoms with Gasteiger partial charge in [0.1, 0.15) is 5.82 Å². The number of esters is 1. The Bertz CT molecular complexity index is 1320. The number of benzene rings is 2. The maximum absolute atomic E-state index is 13.4. The topological polar surface area (TPSA) is 133 Å². The number of nitrogens with one attached hydrogen (secondary N) is 1. The number of anilines is 1. The van der Waals surface area contributed by atoms with Crippen LogP contribution >= 0.6 is 0 Å². The summed E-state index contributed by atoms with van der Waals surface area (Å²) in [5.41, 5.74) is -0.373. The van der Waals surface area contributed by atoms with Gasteiger partial charge in [0.25, 0.3) is 11.5 Å². The minimum Gasteiger partial charge on any atom is -0.456 e. The average molecular weight is 454 g/mol. The fourth-order valence-corrected chi connectivity index (χ4v) is 3.44. The van der Waals surface area contributed by atoms with Crippen molar-refractivity contribution in [3.8, 4) is 0 Å². The third-order valence-corrected chi connectivity index (χ3v) is 5.14. The molecule has 3 aromatic rings. The van der Waals surface area contributed by atoms with Crippen LogP contribution in [0.4, 0.5) is 15.8 Å². The maximum Gasteiger partial charge on any atom is 0.306 e. The van der Waals surface area contributed by atoms with Crippen LogP contribution in [0.2, 0.25) is 0 Å². The second kappa shape index (κ2) is 9.15. The summed E-state index contributed by atoms with van der Waals surface area (Å²) in [6.07, 6.45) is 1.83. The molecule has 10 nitrogen and oxygen atoms in total. The Morgan fingerprint density at radius 2 is 2.00 bits per heavy atom. The van der Waals surface area contributed by atoms with E-state index in [0.29, 0.717) is 16.7 Å². The Hall–Kier alpha value is -4.15. The summed E-state index contributed by atoms with van der Waals surface area (Å²) in [6.45, 7) is -0.620. The zero-order valence-corrected chi connectivity index (χ0v) is 17.3. The molecule has 0 saturated heterocycles. The number of amides is 1. The number of para-hydroxylation sites is 1. The molecule has 0 spiro atoms. The largest absolute Gasteiger partial charge is 0.456 e. The third-order valence-electron chi connectivity index (χ3n) is 5.14. The fraction of sp³-hybridized carbons (Fsp3) is 0.273. The molecule has 0 aliphatic heterocycles. The second-order valence-electron chi connectivity index (χ2n) is 7.58. The summed E-state index contributed by atoms with van der Waals surface area (Å²) < 4.78 is 20.0. The number of nitrogens with zero attached hydrogens (tertiary/aromatic N) is 3. The minimum absolute atomic E-state index is 0.00189. The highest BCUT2D eigenvalue weighted by atomic mass is 19.1. The first-order valence-corrected chi connectivity index (χ1v) is 10.2. The highest BCUT2D eigenvalue weighted by Gasteiger charge is 2.28. The predicted octanol–water partition coefficient (Wildman–Crippen LogP) is 2.89. The molecule has 0 bridgehead atoms.